The standard InChI is InChI=1S/C18H21NO3/c1-20-17-6-4-14(10-18(17)21-2)12-19-11-13-3-5-16-15(9-13)7-8-22-16/h3-6,9-10,19H,7-8,11-12H2,1-2H3. The van der Waals surface area contributed by atoms with Gasteiger partial charge in [0.05, 0.1) is 20.8 Å². The van der Waals surface area contributed by atoms with Crippen molar-refractivity contribution in [3.8, 4) is 17.2 Å². The molecule has 0 bridgehead atoms. The molecule has 0 aromatic heterocycles. The first kappa shape index (κ1) is 14.7. The molecule has 0 atom stereocenters. The van der Waals surface area contributed by atoms with Gasteiger partial charge in [0.2, 0.25) is 0 Å². The molecule has 0 radical (unpaired) electrons. The maximum atomic E-state index is 5.53. The van der Waals surface area contributed by atoms with Crippen molar-refractivity contribution in [2.75, 3.05) is 20.8 Å². The molecule has 2 aromatic rings. The molecule has 0 amide bonds. The zero-order chi connectivity index (χ0) is 15.4. The summed E-state index contributed by atoms with van der Waals surface area (Å²) in [5.74, 6) is 2.55. The number of methoxy groups -OCH3 is 2. The fraction of sp³-hybridized carbons (Fsp3) is 0.333. The second-order valence-electron chi connectivity index (χ2n) is 5.33. The van der Waals surface area contributed by atoms with Gasteiger partial charge in [-0.25, -0.2) is 0 Å². The molecular weight excluding hydrogens is 278 g/mol. The summed E-state index contributed by atoms with van der Waals surface area (Å²) in [5.41, 5.74) is 3.76. The van der Waals surface area contributed by atoms with Gasteiger partial charge in [-0.2, -0.15) is 0 Å². The Morgan fingerprint density at radius 3 is 2.45 bits per heavy atom. The zero-order valence-corrected chi connectivity index (χ0v) is 13.0. The topological polar surface area (TPSA) is 39.7 Å². The summed E-state index contributed by atoms with van der Waals surface area (Å²) >= 11 is 0. The van der Waals surface area contributed by atoms with Crippen LogP contribution in [0.3, 0.4) is 0 Å². The van der Waals surface area contributed by atoms with E-state index in [4.69, 9.17) is 14.2 Å². The number of benzene rings is 2. The van der Waals surface area contributed by atoms with E-state index in [1.165, 1.54) is 16.7 Å². The summed E-state index contributed by atoms with van der Waals surface area (Å²) in [5, 5.41) is 3.46. The van der Waals surface area contributed by atoms with Gasteiger partial charge in [0.1, 0.15) is 5.75 Å². The second-order valence-corrected chi connectivity index (χ2v) is 5.33. The molecule has 22 heavy (non-hydrogen) atoms. The van der Waals surface area contributed by atoms with E-state index >= 15 is 0 Å². The average molecular weight is 299 g/mol. The lowest BCUT2D eigenvalue weighted by Crippen LogP contribution is -2.12. The molecule has 0 spiro atoms. The van der Waals surface area contributed by atoms with E-state index in [0.717, 1.165) is 43.4 Å². The van der Waals surface area contributed by atoms with Gasteiger partial charge in [0, 0.05) is 19.5 Å². The van der Waals surface area contributed by atoms with Crippen LogP contribution in [0.25, 0.3) is 0 Å². The zero-order valence-electron chi connectivity index (χ0n) is 13.0. The number of hydrogen-bond donors (Lipinski definition) is 1. The van der Waals surface area contributed by atoms with Crippen molar-refractivity contribution >= 4 is 0 Å². The molecule has 0 aliphatic carbocycles. The molecule has 0 saturated carbocycles. The molecule has 4 nitrogen and oxygen atoms in total. The molecular formula is C18H21NO3. The van der Waals surface area contributed by atoms with Crippen LogP contribution < -0.4 is 19.5 Å². The van der Waals surface area contributed by atoms with Gasteiger partial charge in [-0.15, -0.1) is 0 Å². The predicted octanol–water partition coefficient (Wildman–Crippen LogP) is 2.93. The summed E-state index contributed by atoms with van der Waals surface area (Å²) in [7, 11) is 3.30. The van der Waals surface area contributed by atoms with Crippen molar-refractivity contribution in [3.05, 3.63) is 53.1 Å². The normalized spacial score (nSPS) is 12.6. The first-order chi connectivity index (χ1) is 10.8. The lowest BCUT2D eigenvalue weighted by molar-refractivity contribution is 0.354. The summed E-state index contributed by atoms with van der Waals surface area (Å²) in [4.78, 5) is 0. The van der Waals surface area contributed by atoms with E-state index in [1.807, 2.05) is 18.2 Å². The molecule has 116 valence electrons. The highest BCUT2D eigenvalue weighted by Crippen LogP contribution is 2.28. The third kappa shape index (κ3) is 3.17. The van der Waals surface area contributed by atoms with Crippen LogP contribution in [0.1, 0.15) is 16.7 Å². The van der Waals surface area contributed by atoms with E-state index in [0.29, 0.717) is 0 Å². The van der Waals surface area contributed by atoms with Gasteiger partial charge in [-0.05, 0) is 34.9 Å². The quantitative estimate of drug-likeness (QED) is 0.890. The lowest BCUT2D eigenvalue weighted by atomic mass is 10.1. The van der Waals surface area contributed by atoms with Crippen LogP contribution in [-0.4, -0.2) is 20.8 Å². The number of fused-ring (bicyclic) bond motifs is 1. The number of nitrogens with one attached hydrogen (secondary N) is 1. The fourth-order valence-electron chi connectivity index (χ4n) is 2.69. The minimum Gasteiger partial charge on any atom is -0.493 e. The maximum absolute atomic E-state index is 5.53. The molecule has 1 aliphatic heterocycles. The highest BCUT2D eigenvalue weighted by molar-refractivity contribution is 5.43. The molecule has 0 unspecified atom stereocenters. The van der Waals surface area contributed by atoms with E-state index in [-0.39, 0.29) is 0 Å². The number of hydrogen-bond acceptors (Lipinski definition) is 4. The van der Waals surface area contributed by atoms with Gasteiger partial charge < -0.3 is 19.5 Å². The third-order valence-corrected chi connectivity index (χ3v) is 3.86. The van der Waals surface area contributed by atoms with Crippen LogP contribution in [0.2, 0.25) is 0 Å². The fourth-order valence-corrected chi connectivity index (χ4v) is 2.69. The molecule has 1 N–H and O–H groups in total. The van der Waals surface area contributed by atoms with Crippen molar-refractivity contribution in [1.29, 1.82) is 0 Å². The van der Waals surface area contributed by atoms with Crippen LogP contribution in [0.4, 0.5) is 0 Å². The SMILES string of the molecule is COc1ccc(CNCc2ccc3c(c2)CCO3)cc1OC. The monoisotopic (exact) mass is 299 g/mol. The highest BCUT2D eigenvalue weighted by atomic mass is 16.5. The smallest absolute Gasteiger partial charge is 0.161 e. The number of ether oxygens (including phenoxy) is 3. The Balaban J connectivity index is 1.59. The molecule has 0 fully saturated rings. The Kier molecular flexibility index (Phi) is 4.49. The molecule has 4 heteroatoms. The Morgan fingerprint density at radius 2 is 1.68 bits per heavy atom. The largest absolute Gasteiger partial charge is 0.493 e. The van der Waals surface area contributed by atoms with Crippen molar-refractivity contribution in [1.82, 2.24) is 5.32 Å². The molecule has 0 saturated heterocycles. The van der Waals surface area contributed by atoms with Gasteiger partial charge in [0.15, 0.2) is 11.5 Å². The van der Waals surface area contributed by atoms with Crippen LogP contribution in [0.15, 0.2) is 36.4 Å². The van der Waals surface area contributed by atoms with Gasteiger partial charge in [-0.1, -0.05) is 18.2 Å². The van der Waals surface area contributed by atoms with Crippen molar-refractivity contribution in [2.45, 2.75) is 19.5 Å². The highest BCUT2D eigenvalue weighted by Gasteiger charge is 2.11. The van der Waals surface area contributed by atoms with Crippen molar-refractivity contribution in [2.24, 2.45) is 0 Å². The summed E-state index contributed by atoms with van der Waals surface area (Å²) in [6.07, 6.45) is 1.01. The minimum absolute atomic E-state index is 0.755. The first-order valence-corrected chi connectivity index (χ1v) is 7.46. The minimum atomic E-state index is 0.755. The summed E-state index contributed by atoms with van der Waals surface area (Å²) in [6.45, 7) is 2.42. The Hall–Kier alpha value is -2.20. The van der Waals surface area contributed by atoms with Crippen molar-refractivity contribution in [3.63, 3.8) is 0 Å². The van der Waals surface area contributed by atoms with Crippen LogP contribution >= 0.6 is 0 Å². The van der Waals surface area contributed by atoms with Gasteiger partial charge in [-0.3, -0.25) is 0 Å². The van der Waals surface area contributed by atoms with E-state index in [2.05, 4.69) is 23.5 Å². The molecule has 1 heterocycles. The van der Waals surface area contributed by atoms with E-state index in [9.17, 15) is 0 Å². The van der Waals surface area contributed by atoms with Gasteiger partial charge >= 0.3 is 0 Å². The average Bonchev–Trinajstić information content (AvgIpc) is 3.02. The predicted molar refractivity (Wildman–Crippen MR) is 85.7 cm³/mol. The molecule has 3 rings (SSSR count). The van der Waals surface area contributed by atoms with E-state index < -0.39 is 0 Å². The first-order valence-electron chi connectivity index (χ1n) is 7.46. The van der Waals surface area contributed by atoms with Crippen LogP contribution in [-0.2, 0) is 19.5 Å². The summed E-state index contributed by atoms with van der Waals surface area (Å²) < 4.78 is 16.1. The van der Waals surface area contributed by atoms with Crippen LogP contribution in [0, 0.1) is 0 Å². The maximum Gasteiger partial charge on any atom is 0.161 e. The molecule has 2 aromatic carbocycles. The van der Waals surface area contributed by atoms with Crippen molar-refractivity contribution < 1.29 is 14.2 Å². The number of rotatable bonds is 6. The lowest BCUT2D eigenvalue weighted by Gasteiger charge is -2.10. The Labute approximate surface area is 131 Å². The Morgan fingerprint density at radius 1 is 0.955 bits per heavy atom. The van der Waals surface area contributed by atoms with Gasteiger partial charge in [0.25, 0.3) is 0 Å². The summed E-state index contributed by atoms with van der Waals surface area (Å²) in [6, 6.07) is 12.4. The van der Waals surface area contributed by atoms with E-state index in [1.54, 1.807) is 14.2 Å². The third-order valence-electron chi connectivity index (χ3n) is 3.86. The second kappa shape index (κ2) is 6.71. The molecule has 1 aliphatic rings. The Bertz CT molecular complexity index is 655. The van der Waals surface area contributed by atoms with Crippen LogP contribution in [0.5, 0.6) is 17.2 Å².